The zero-order valence-electron chi connectivity index (χ0n) is 9.42. The van der Waals surface area contributed by atoms with E-state index >= 15 is 0 Å². The van der Waals surface area contributed by atoms with Gasteiger partial charge in [0.05, 0.1) is 17.8 Å². The Balaban J connectivity index is 2.14. The summed E-state index contributed by atoms with van der Waals surface area (Å²) in [5.41, 5.74) is 3.53. The minimum Gasteiger partial charge on any atom is -0.503 e. The first-order valence-corrected chi connectivity index (χ1v) is 6.63. The number of benzene rings is 1. The third kappa shape index (κ3) is 2.80. The summed E-state index contributed by atoms with van der Waals surface area (Å²) in [4.78, 5) is 4.03. The molecule has 18 heavy (non-hydrogen) atoms. The normalized spacial score (nSPS) is 10.8. The second-order valence-electron chi connectivity index (χ2n) is 3.23. The predicted molar refractivity (Wildman–Crippen MR) is 75.7 cm³/mol. The number of phenolic OH excluding ortho intramolecular Hbond substituents is 1. The van der Waals surface area contributed by atoms with Gasteiger partial charge < -0.3 is 9.84 Å². The molecule has 5 nitrogen and oxygen atoms in total. The lowest BCUT2D eigenvalue weighted by Gasteiger charge is -2.06. The van der Waals surface area contributed by atoms with Crippen LogP contribution in [0.3, 0.4) is 0 Å². The molecule has 1 aromatic heterocycles. The lowest BCUT2D eigenvalue weighted by molar-refractivity contribution is 0.372. The maximum absolute atomic E-state index is 9.80. The van der Waals surface area contributed by atoms with E-state index in [9.17, 15) is 5.11 Å². The number of ether oxygens (including phenoxy) is 1. The number of halogens is 1. The summed E-state index contributed by atoms with van der Waals surface area (Å²) >= 11 is 4.74. The van der Waals surface area contributed by atoms with Gasteiger partial charge in [0.2, 0.25) is 5.13 Å². The fraction of sp³-hybridized carbons (Fsp3) is 0.0909. The summed E-state index contributed by atoms with van der Waals surface area (Å²) in [6, 6.07) is 3.46. The van der Waals surface area contributed by atoms with Crippen molar-refractivity contribution in [3.63, 3.8) is 0 Å². The zero-order chi connectivity index (χ0) is 13.0. The van der Waals surface area contributed by atoms with Crippen molar-refractivity contribution in [3.05, 3.63) is 33.7 Å². The van der Waals surface area contributed by atoms with Crippen LogP contribution in [0.4, 0.5) is 5.13 Å². The molecule has 1 heterocycles. The van der Waals surface area contributed by atoms with E-state index in [2.05, 4.69) is 31.4 Å². The Morgan fingerprint density at radius 1 is 1.56 bits per heavy atom. The summed E-state index contributed by atoms with van der Waals surface area (Å²) in [5.74, 6) is 0.461. The van der Waals surface area contributed by atoms with Crippen LogP contribution in [0.15, 0.2) is 33.3 Å². The summed E-state index contributed by atoms with van der Waals surface area (Å²) in [6.45, 7) is 0. The number of aromatic nitrogens is 1. The third-order valence-electron chi connectivity index (χ3n) is 2.13. The Morgan fingerprint density at radius 2 is 2.39 bits per heavy atom. The van der Waals surface area contributed by atoms with Crippen molar-refractivity contribution in [3.8, 4) is 11.5 Å². The van der Waals surface area contributed by atoms with Crippen molar-refractivity contribution < 1.29 is 9.84 Å². The van der Waals surface area contributed by atoms with Crippen molar-refractivity contribution >= 4 is 38.6 Å². The first-order valence-electron chi connectivity index (χ1n) is 4.96. The highest BCUT2D eigenvalue weighted by molar-refractivity contribution is 9.10. The van der Waals surface area contributed by atoms with Gasteiger partial charge in [0.1, 0.15) is 0 Å². The van der Waals surface area contributed by atoms with E-state index in [1.165, 1.54) is 18.4 Å². The minimum absolute atomic E-state index is 0.0516. The van der Waals surface area contributed by atoms with Crippen molar-refractivity contribution in [1.82, 2.24) is 4.98 Å². The van der Waals surface area contributed by atoms with Crippen LogP contribution in [0.1, 0.15) is 5.56 Å². The van der Waals surface area contributed by atoms with Crippen LogP contribution in [0.2, 0.25) is 0 Å². The molecule has 7 heteroatoms. The van der Waals surface area contributed by atoms with Crippen LogP contribution >= 0.6 is 27.3 Å². The molecule has 0 aliphatic heterocycles. The van der Waals surface area contributed by atoms with Crippen LogP contribution in [-0.4, -0.2) is 23.4 Å². The SMILES string of the molecule is COc1ccc(/C=N\Nc2nccs2)c(Br)c1O. The van der Waals surface area contributed by atoms with Crippen molar-refractivity contribution in [2.75, 3.05) is 12.5 Å². The van der Waals surface area contributed by atoms with E-state index < -0.39 is 0 Å². The number of methoxy groups -OCH3 is 1. The van der Waals surface area contributed by atoms with Gasteiger partial charge in [-0.15, -0.1) is 11.3 Å². The number of aromatic hydroxyl groups is 1. The molecule has 0 amide bonds. The van der Waals surface area contributed by atoms with Crippen molar-refractivity contribution in [2.24, 2.45) is 5.10 Å². The summed E-state index contributed by atoms with van der Waals surface area (Å²) in [7, 11) is 1.50. The monoisotopic (exact) mass is 327 g/mol. The predicted octanol–water partition coefficient (Wildman–Crippen LogP) is 3.07. The van der Waals surface area contributed by atoms with Crippen molar-refractivity contribution in [1.29, 1.82) is 0 Å². The topological polar surface area (TPSA) is 66.7 Å². The minimum atomic E-state index is 0.0516. The van der Waals surface area contributed by atoms with Crippen LogP contribution in [-0.2, 0) is 0 Å². The Morgan fingerprint density at radius 3 is 3.06 bits per heavy atom. The van der Waals surface area contributed by atoms with E-state index in [1.54, 1.807) is 24.5 Å². The number of hydrogen-bond acceptors (Lipinski definition) is 6. The van der Waals surface area contributed by atoms with Crippen LogP contribution in [0.25, 0.3) is 0 Å². The maximum atomic E-state index is 9.80. The van der Waals surface area contributed by atoms with Gasteiger partial charge in [-0.1, -0.05) is 0 Å². The smallest absolute Gasteiger partial charge is 0.203 e. The lowest BCUT2D eigenvalue weighted by Crippen LogP contribution is -1.92. The van der Waals surface area contributed by atoms with Crippen LogP contribution < -0.4 is 10.2 Å². The molecule has 2 aromatic rings. The first kappa shape index (κ1) is 12.8. The number of rotatable bonds is 4. The largest absolute Gasteiger partial charge is 0.503 e. The Bertz CT molecular complexity index is 558. The van der Waals surface area contributed by atoms with E-state index in [-0.39, 0.29) is 5.75 Å². The fourth-order valence-corrected chi connectivity index (χ4v) is 2.17. The molecule has 0 bridgehead atoms. The third-order valence-corrected chi connectivity index (χ3v) is 3.64. The molecule has 0 aliphatic carbocycles. The van der Waals surface area contributed by atoms with E-state index in [0.29, 0.717) is 15.4 Å². The number of anilines is 1. The van der Waals surface area contributed by atoms with Crippen LogP contribution in [0.5, 0.6) is 11.5 Å². The van der Waals surface area contributed by atoms with Gasteiger partial charge in [-0.25, -0.2) is 4.98 Å². The summed E-state index contributed by atoms with van der Waals surface area (Å²) in [6.07, 6.45) is 3.28. The average molecular weight is 328 g/mol. The Hall–Kier alpha value is -1.60. The highest BCUT2D eigenvalue weighted by Gasteiger charge is 2.09. The molecule has 0 atom stereocenters. The van der Waals surface area contributed by atoms with Crippen LogP contribution in [0, 0.1) is 0 Å². The zero-order valence-corrected chi connectivity index (χ0v) is 11.8. The fourth-order valence-electron chi connectivity index (χ4n) is 1.26. The molecule has 2 N–H and O–H groups in total. The standard InChI is InChI=1S/C11H10BrN3O2S/c1-17-8-3-2-7(9(12)10(8)16)6-14-15-11-13-4-5-18-11/h2-6,16H,1H3,(H,13,15)/b14-6-. The Kier molecular flexibility index (Phi) is 4.16. The number of phenols is 1. The number of hydrazone groups is 1. The maximum Gasteiger partial charge on any atom is 0.203 e. The second kappa shape index (κ2) is 5.83. The van der Waals surface area contributed by atoms with E-state index in [4.69, 9.17) is 4.74 Å². The van der Waals surface area contributed by atoms with E-state index in [1.807, 2.05) is 5.38 Å². The average Bonchev–Trinajstić information content (AvgIpc) is 2.88. The number of nitrogens with zero attached hydrogens (tertiary/aromatic N) is 2. The Labute approximate surface area is 116 Å². The molecule has 94 valence electrons. The van der Waals surface area contributed by atoms with Crippen molar-refractivity contribution in [2.45, 2.75) is 0 Å². The molecule has 0 saturated carbocycles. The van der Waals surface area contributed by atoms with Gasteiger partial charge in [-0.3, -0.25) is 5.43 Å². The molecule has 0 fully saturated rings. The summed E-state index contributed by atoms with van der Waals surface area (Å²) in [5, 5.41) is 16.4. The number of hydrogen-bond donors (Lipinski definition) is 2. The molecule has 0 spiro atoms. The molecule has 0 aliphatic rings. The molecule has 0 saturated heterocycles. The molecule has 2 rings (SSSR count). The molecule has 1 aromatic carbocycles. The quantitative estimate of drug-likeness (QED) is 0.669. The van der Waals surface area contributed by atoms with Gasteiger partial charge in [-0.05, 0) is 28.1 Å². The molecular formula is C11H10BrN3O2S. The molecular weight excluding hydrogens is 318 g/mol. The summed E-state index contributed by atoms with van der Waals surface area (Å²) < 4.78 is 5.53. The number of nitrogens with one attached hydrogen (secondary N) is 1. The first-order chi connectivity index (χ1) is 8.72. The highest BCUT2D eigenvalue weighted by Crippen LogP contribution is 2.35. The van der Waals surface area contributed by atoms with Gasteiger partial charge in [0.25, 0.3) is 0 Å². The molecule has 0 unspecified atom stereocenters. The van der Waals surface area contributed by atoms with E-state index in [0.717, 1.165) is 5.56 Å². The second-order valence-corrected chi connectivity index (χ2v) is 4.91. The van der Waals surface area contributed by atoms with Gasteiger partial charge in [0, 0.05) is 17.1 Å². The van der Waals surface area contributed by atoms with Gasteiger partial charge in [-0.2, -0.15) is 5.10 Å². The molecule has 0 radical (unpaired) electrons. The van der Waals surface area contributed by atoms with Gasteiger partial charge >= 0.3 is 0 Å². The number of thiazole rings is 1. The lowest BCUT2D eigenvalue weighted by atomic mass is 10.2. The highest BCUT2D eigenvalue weighted by atomic mass is 79.9. The van der Waals surface area contributed by atoms with Gasteiger partial charge in [0.15, 0.2) is 11.5 Å².